The van der Waals surface area contributed by atoms with E-state index in [1.165, 1.54) is 36.4 Å². The van der Waals surface area contributed by atoms with E-state index in [0.717, 1.165) is 6.07 Å². The van der Waals surface area contributed by atoms with E-state index in [-0.39, 0.29) is 23.4 Å². The Hall–Kier alpha value is -3.11. The highest BCUT2D eigenvalue weighted by atomic mass is 35.5. The van der Waals surface area contributed by atoms with Gasteiger partial charge in [0.1, 0.15) is 17.4 Å². The first kappa shape index (κ1) is 22.6. The molecule has 31 heavy (non-hydrogen) atoms. The second-order valence-electron chi connectivity index (χ2n) is 6.29. The summed E-state index contributed by atoms with van der Waals surface area (Å²) in [5, 5.41) is 15.0. The number of halogens is 5. The number of aromatic nitrogens is 2. The number of alkyl halides is 3. The Kier molecular flexibility index (Phi) is 7.13. The average Bonchev–Trinajstić information content (AvgIpc) is 2.69. The molecular formula is C20H17ClF4N4O2. The van der Waals surface area contributed by atoms with Crippen molar-refractivity contribution in [3.05, 3.63) is 59.4 Å². The molecule has 3 N–H and O–H groups in total. The Morgan fingerprint density at radius 1 is 1.06 bits per heavy atom. The maximum absolute atomic E-state index is 13.3. The maximum Gasteiger partial charge on any atom is 0.573 e. The van der Waals surface area contributed by atoms with Crippen molar-refractivity contribution in [2.75, 3.05) is 23.8 Å². The first-order valence-electron chi connectivity index (χ1n) is 9.05. The number of hydrogen-bond donors (Lipinski definition) is 3. The van der Waals surface area contributed by atoms with Crippen LogP contribution in [0.5, 0.6) is 5.75 Å². The second kappa shape index (κ2) is 9.80. The summed E-state index contributed by atoms with van der Waals surface area (Å²) in [7, 11) is 0. The van der Waals surface area contributed by atoms with Crippen molar-refractivity contribution in [3.8, 4) is 17.0 Å². The largest absolute Gasteiger partial charge is 0.573 e. The fourth-order valence-electron chi connectivity index (χ4n) is 2.60. The van der Waals surface area contributed by atoms with Gasteiger partial charge in [-0.1, -0.05) is 23.7 Å². The molecule has 0 unspecified atom stereocenters. The minimum absolute atomic E-state index is 0.0419. The Labute approximate surface area is 179 Å². The molecule has 0 aliphatic rings. The van der Waals surface area contributed by atoms with Crippen molar-refractivity contribution < 1.29 is 27.4 Å². The van der Waals surface area contributed by atoms with Gasteiger partial charge in [0.05, 0.1) is 16.4 Å². The van der Waals surface area contributed by atoms with Crippen LogP contribution in [0.25, 0.3) is 11.3 Å². The van der Waals surface area contributed by atoms with Crippen molar-refractivity contribution in [2.45, 2.75) is 12.8 Å². The van der Waals surface area contributed by atoms with Crippen LogP contribution in [0.3, 0.4) is 0 Å². The molecule has 0 saturated carbocycles. The van der Waals surface area contributed by atoms with Crippen molar-refractivity contribution in [2.24, 2.45) is 0 Å². The number of benzene rings is 2. The molecular weight excluding hydrogens is 440 g/mol. The quantitative estimate of drug-likeness (QED) is 0.312. The van der Waals surface area contributed by atoms with Gasteiger partial charge in [-0.05, 0) is 36.8 Å². The summed E-state index contributed by atoms with van der Waals surface area (Å²) in [5.41, 5.74) is 1.03. The molecule has 0 spiro atoms. The Balaban J connectivity index is 1.96. The standard InChI is InChI=1S/C20H17ClF4N4O2/c21-15-10-13(22)5-6-16(15)27-18-11-17(28-19(29-18)26-7-2-8-30)12-3-1-4-14(9-12)31-20(23,24)25/h1,3-6,9-11,30H,2,7-8H2,(H2,26,27,28,29). The van der Waals surface area contributed by atoms with Crippen molar-refractivity contribution in [1.29, 1.82) is 0 Å². The van der Waals surface area contributed by atoms with Crippen LogP contribution in [0, 0.1) is 5.82 Å². The van der Waals surface area contributed by atoms with Gasteiger partial charge >= 0.3 is 6.36 Å². The monoisotopic (exact) mass is 456 g/mol. The van der Waals surface area contributed by atoms with Gasteiger partial charge in [0, 0.05) is 24.8 Å². The lowest BCUT2D eigenvalue weighted by molar-refractivity contribution is -0.274. The fraction of sp³-hybridized carbons (Fsp3) is 0.200. The third-order valence-corrected chi connectivity index (χ3v) is 4.21. The number of aliphatic hydroxyl groups is 1. The molecule has 0 aliphatic carbocycles. The molecule has 0 atom stereocenters. The normalized spacial score (nSPS) is 11.3. The van der Waals surface area contributed by atoms with Crippen molar-refractivity contribution >= 4 is 29.1 Å². The van der Waals surface area contributed by atoms with E-state index in [0.29, 0.717) is 29.9 Å². The molecule has 0 radical (unpaired) electrons. The molecule has 3 aromatic rings. The second-order valence-corrected chi connectivity index (χ2v) is 6.70. The number of hydrogen-bond acceptors (Lipinski definition) is 6. The average molecular weight is 457 g/mol. The number of rotatable bonds is 8. The highest BCUT2D eigenvalue weighted by Gasteiger charge is 2.31. The molecule has 0 bridgehead atoms. The number of anilines is 3. The number of aliphatic hydroxyl groups excluding tert-OH is 1. The maximum atomic E-state index is 13.3. The van der Waals surface area contributed by atoms with Gasteiger partial charge in [-0.15, -0.1) is 13.2 Å². The van der Waals surface area contributed by atoms with E-state index in [4.69, 9.17) is 16.7 Å². The van der Waals surface area contributed by atoms with Gasteiger partial charge in [0.25, 0.3) is 0 Å². The van der Waals surface area contributed by atoms with E-state index in [9.17, 15) is 17.6 Å². The molecule has 1 heterocycles. The predicted octanol–water partition coefficient (Wildman–Crippen LogP) is 5.37. The zero-order valence-corrected chi connectivity index (χ0v) is 16.6. The van der Waals surface area contributed by atoms with Gasteiger partial charge in [-0.3, -0.25) is 0 Å². The van der Waals surface area contributed by atoms with Crippen LogP contribution in [0.1, 0.15) is 6.42 Å². The summed E-state index contributed by atoms with van der Waals surface area (Å²) in [4.78, 5) is 8.61. The highest BCUT2D eigenvalue weighted by molar-refractivity contribution is 6.33. The molecule has 164 valence electrons. The zero-order valence-electron chi connectivity index (χ0n) is 15.9. The third kappa shape index (κ3) is 6.69. The van der Waals surface area contributed by atoms with Gasteiger partial charge in [0.2, 0.25) is 5.95 Å². The zero-order chi connectivity index (χ0) is 22.4. The molecule has 0 saturated heterocycles. The topological polar surface area (TPSA) is 79.3 Å². The summed E-state index contributed by atoms with van der Waals surface area (Å²) in [5.74, 6) is -0.456. The lowest BCUT2D eigenvalue weighted by Crippen LogP contribution is -2.17. The predicted molar refractivity (Wildman–Crippen MR) is 109 cm³/mol. The molecule has 11 heteroatoms. The van der Waals surface area contributed by atoms with E-state index >= 15 is 0 Å². The molecule has 0 amide bonds. The van der Waals surface area contributed by atoms with Crippen LogP contribution in [-0.4, -0.2) is 34.6 Å². The lowest BCUT2D eigenvalue weighted by atomic mass is 10.1. The van der Waals surface area contributed by atoms with E-state index < -0.39 is 17.9 Å². The van der Waals surface area contributed by atoms with E-state index in [2.05, 4.69) is 25.3 Å². The summed E-state index contributed by atoms with van der Waals surface area (Å²) < 4.78 is 54.9. The fourth-order valence-corrected chi connectivity index (χ4v) is 2.81. The summed E-state index contributed by atoms with van der Waals surface area (Å²) in [6, 6.07) is 10.6. The first-order valence-corrected chi connectivity index (χ1v) is 9.43. The van der Waals surface area contributed by atoms with Crippen molar-refractivity contribution in [3.63, 3.8) is 0 Å². The summed E-state index contributed by atoms with van der Waals surface area (Å²) >= 11 is 6.05. The summed E-state index contributed by atoms with van der Waals surface area (Å²) in [6.45, 7) is 0.327. The van der Waals surface area contributed by atoms with Gasteiger partial charge < -0.3 is 20.5 Å². The molecule has 3 rings (SSSR count). The van der Waals surface area contributed by atoms with Gasteiger partial charge in [0.15, 0.2) is 0 Å². The van der Waals surface area contributed by atoms with E-state index in [1.54, 1.807) is 6.07 Å². The minimum Gasteiger partial charge on any atom is -0.406 e. The minimum atomic E-state index is -4.83. The van der Waals surface area contributed by atoms with Gasteiger partial charge in [-0.25, -0.2) is 9.37 Å². The molecule has 6 nitrogen and oxygen atoms in total. The number of nitrogens with zero attached hydrogens (tertiary/aromatic N) is 2. The number of ether oxygens (including phenoxy) is 1. The number of nitrogens with one attached hydrogen (secondary N) is 2. The lowest BCUT2D eigenvalue weighted by Gasteiger charge is -2.13. The van der Waals surface area contributed by atoms with E-state index in [1.807, 2.05) is 0 Å². The first-order chi connectivity index (χ1) is 14.7. The highest BCUT2D eigenvalue weighted by Crippen LogP contribution is 2.30. The van der Waals surface area contributed by atoms with Crippen LogP contribution >= 0.6 is 11.6 Å². The van der Waals surface area contributed by atoms with Crippen LogP contribution in [0.2, 0.25) is 5.02 Å². The molecule has 0 aliphatic heterocycles. The molecule has 2 aromatic carbocycles. The molecule has 0 fully saturated rings. The Morgan fingerprint density at radius 3 is 2.58 bits per heavy atom. The molecule has 1 aromatic heterocycles. The van der Waals surface area contributed by atoms with Crippen LogP contribution in [0.4, 0.5) is 35.0 Å². The Morgan fingerprint density at radius 2 is 1.87 bits per heavy atom. The third-order valence-electron chi connectivity index (χ3n) is 3.90. The van der Waals surface area contributed by atoms with Crippen LogP contribution in [0.15, 0.2) is 48.5 Å². The summed E-state index contributed by atoms with van der Waals surface area (Å²) in [6.07, 6.45) is -4.39. The van der Waals surface area contributed by atoms with Crippen LogP contribution < -0.4 is 15.4 Å². The van der Waals surface area contributed by atoms with Crippen LogP contribution in [-0.2, 0) is 0 Å². The van der Waals surface area contributed by atoms with Gasteiger partial charge in [-0.2, -0.15) is 4.98 Å². The Bertz CT molecular complexity index is 1050. The van der Waals surface area contributed by atoms with Crippen molar-refractivity contribution in [1.82, 2.24) is 9.97 Å². The smallest absolute Gasteiger partial charge is 0.406 e. The SMILES string of the molecule is OCCCNc1nc(Nc2ccc(F)cc2Cl)cc(-c2cccc(OC(F)(F)F)c2)n1.